The number of nitrogens with zero attached hydrogens (tertiary/aromatic N) is 4. The van der Waals surface area contributed by atoms with Crippen LogP contribution in [0.3, 0.4) is 0 Å². The predicted octanol–water partition coefficient (Wildman–Crippen LogP) is 5.23. The van der Waals surface area contributed by atoms with Crippen molar-refractivity contribution in [3.8, 4) is 0 Å². The van der Waals surface area contributed by atoms with Crippen molar-refractivity contribution in [2.75, 3.05) is 24.7 Å². The zero-order valence-corrected chi connectivity index (χ0v) is 21.2. The fourth-order valence-corrected chi connectivity index (χ4v) is 5.28. The fraction of sp³-hybridized carbons (Fsp3) is 0.357. The average Bonchev–Trinajstić information content (AvgIpc) is 3.48. The highest BCUT2D eigenvalue weighted by Crippen LogP contribution is 2.35. The molecule has 0 saturated carbocycles. The van der Waals surface area contributed by atoms with Crippen LogP contribution in [-0.2, 0) is 6.54 Å². The number of nitrogens with one attached hydrogen (secondary N) is 3. The summed E-state index contributed by atoms with van der Waals surface area (Å²) in [5.74, 6) is -0.783. The van der Waals surface area contributed by atoms with E-state index >= 15 is 0 Å². The molecule has 198 valence electrons. The lowest BCUT2D eigenvalue weighted by molar-refractivity contribution is -0.0493. The van der Waals surface area contributed by atoms with Crippen LogP contribution < -0.4 is 15.5 Å². The zero-order valence-electron chi connectivity index (χ0n) is 21.2. The first-order valence-electron chi connectivity index (χ1n) is 13.0. The second kappa shape index (κ2) is 9.74. The smallest absolute Gasteiger partial charge is 0.251 e. The van der Waals surface area contributed by atoms with E-state index in [1.54, 1.807) is 6.07 Å². The van der Waals surface area contributed by atoms with E-state index in [9.17, 15) is 13.2 Å². The maximum Gasteiger partial charge on any atom is 0.251 e. The first-order chi connectivity index (χ1) is 18.4. The summed E-state index contributed by atoms with van der Waals surface area (Å²) in [6, 6.07) is 14.3. The Labute approximate surface area is 219 Å². The number of H-pyrrole nitrogens is 1. The van der Waals surface area contributed by atoms with Crippen molar-refractivity contribution >= 4 is 22.6 Å². The van der Waals surface area contributed by atoms with Crippen molar-refractivity contribution in [2.24, 2.45) is 4.99 Å². The molecular formula is C28H30F3N7. The summed E-state index contributed by atoms with van der Waals surface area (Å²) in [5, 5.41) is 7.02. The van der Waals surface area contributed by atoms with Gasteiger partial charge in [0.05, 0.1) is 29.9 Å². The number of aliphatic imine (C=N–C) groups is 1. The van der Waals surface area contributed by atoms with Gasteiger partial charge in [-0.25, -0.2) is 23.1 Å². The lowest BCUT2D eigenvalue weighted by atomic mass is 10.0. The minimum atomic E-state index is -2.65. The number of hydrogen-bond acceptors (Lipinski definition) is 6. The van der Waals surface area contributed by atoms with Crippen LogP contribution in [0.15, 0.2) is 76.3 Å². The minimum Gasteiger partial charge on any atom is -0.379 e. The van der Waals surface area contributed by atoms with E-state index in [0.29, 0.717) is 31.2 Å². The highest BCUT2D eigenvalue weighted by molar-refractivity contribution is 6.12. The lowest BCUT2D eigenvalue weighted by Gasteiger charge is -2.34. The number of benzene rings is 2. The maximum atomic E-state index is 14.1. The molecule has 0 bridgehead atoms. The molecule has 2 saturated heterocycles. The molecule has 4 heterocycles. The van der Waals surface area contributed by atoms with Gasteiger partial charge in [0.2, 0.25) is 0 Å². The molecule has 10 heteroatoms. The van der Waals surface area contributed by atoms with E-state index in [-0.39, 0.29) is 31.7 Å². The number of amidine groups is 1. The Bertz CT molecular complexity index is 1410. The minimum absolute atomic E-state index is 0.193. The molecule has 0 amide bonds. The molecule has 0 unspecified atom stereocenters. The van der Waals surface area contributed by atoms with Gasteiger partial charge in [0, 0.05) is 43.7 Å². The van der Waals surface area contributed by atoms with Crippen molar-refractivity contribution < 1.29 is 13.2 Å². The van der Waals surface area contributed by atoms with Crippen LogP contribution in [-0.4, -0.2) is 46.4 Å². The van der Waals surface area contributed by atoms with E-state index in [0.717, 1.165) is 46.1 Å². The van der Waals surface area contributed by atoms with E-state index in [1.807, 2.05) is 40.1 Å². The van der Waals surface area contributed by atoms with Gasteiger partial charge < -0.3 is 25.4 Å². The molecule has 0 atom stereocenters. The van der Waals surface area contributed by atoms with Gasteiger partial charge in [-0.05, 0) is 42.3 Å². The van der Waals surface area contributed by atoms with Crippen molar-refractivity contribution in [3.05, 3.63) is 83.0 Å². The number of rotatable bonds is 6. The number of alkyl halides is 2. The highest BCUT2D eigenvalue weighted by atomic mass is 19.3. The molecule has 6 rings (SSSR count). The van der Waals surface area contributed by atoms with Crippen LogP contribution in [0, 0.1) is 5.82 Å². The molecule has 0 aliphatic carbocycles. The first-order valence-corrected chi connectivity index (χ1v) is 13.0. The Morgan fingerprint density at radius 3 is 2.66 bits per heavy atom. The van der Waals surface area contributed by atoms with Gasteiger partial charge >= 0.3 is 0 Å². The molecule has 3 aliphatic heterocycles. The van der Waals surface area contributed by atoms with Gasteiger partial charge in [0.15, 0.2) is 5.84 Å². The van der Waals surface area contributed by atoms with Gasteiger partial charge in [-0.1, -0.05) is 25.1 Å². The summed E-state index contributed by atoms with van der Waals surface area (Å²) in [7, 11) is 0. The topological polar surface area (TPSA) is 71.6 Å². The monoisotopic (exact) mass is 521 g/mol. The third kappa shape index (κ3) is 4.70. The van der Waals surface area contributed by atoms with Crippen LogP contribution >= 0.6 is 0 Å². The molecule has 2 aromatic carbocycles. The van der Waals surface area contributed by atoms with E-state index in [4.69, 9.17) is 4.99 Å². The molecule has 38 heavy (non-hydrogen) atoms. The van der Waals surface area contributed by atoms with Crippen LogP contribution in [0.2, 0.25) is 0 Å². The Hall–Kier alpha value is -3.95. The molecule has 2 fully saturated rings. The number of piperidine rings is 1. The van der Waals surface area contributed by atoms with Crippen molar-refractivity contribution in [3.63, 3.8) is 0 Å². The van der Waals surface area contributed by atoms with E-state index in [1.165, 1.54) is 12.1 Å². The number of halogens is 3. The van der Waals surface area contributed by atoms with Gasteiger partial charge in [0.25, 0.3) is 5.92 Å². The van der Waals surface area contributed by atoms with Crippen LogP contribution in [0.4, 0.5) is 18.9 Å². The Morgan fingerprint density at radius 2 is 1.89 bits per heavy atom. The second-order valence-electron chi connectivity index (χ2n) is 9.89. The number of imidazole rings is 1. The van der Waals surface area contributed by atoms with Crippen LogP contribution in [0.1, 0.15) is 38.4 Å². The molecule has 1 aromatic heterocycles. The van der Waals surface area contributed by atoms with Gasteiger partial charge in [-0.2, -0.15) is 0 Å². The molecule has 0 spiro atoms. The fourth-order valence-electron chi connectivity index (χ4n) is 5.28. The predicted molar refractivity (Wildman–Crippen MR) is 142 cm³/mol. The number of fused-ring (bicyclic) bond motifs is 2. The van der Waals surface area contributed by atoms with Crippen molar-refractivity contribution in [1.82, 2.24) is 25.5 Å². The number of anilines is 1. The summed E-state index contributed by atoms with van der Waals surface area (Å²) < 4.78 is 42.1. The standard InChI is InChI=1S/C28H30F3N7/c1-2-18-14-23(32-16-24-34-21-8-3-4-9-22(21)35-24)25-27(36-26(18)37-12-10-28(30,31)11-13-37)38(17-33-25)20-7-5-6-19(29)15-20/h3-9,15,32-33H,2,10-14,16-17H2,1H3,(H,34,35). The molecule has 3 aromatic rings. The first kappa shape index (κ1) is 24.4. The highest BCUT2D eigenvalue weighted by Gasteiger charge is 2.37. The average molecular weight is 522 g/mol. The number of allylic oxidation sites excluding steroid dienone is 1. The third-order valence-electron chi connectivity index (χ3n) is 7.36. The molecular weight excluding hydrogens is 491 g/mol. The summed E-state index contributed by atoms with van der Waals surface area (Å²) in [5.41, 5.74) is 5.38. The third-order valence-corrected chi connectivity index (χ3v) is 7.36. The SMILES string of the molecule is CCC1=C(N2CCC(F)(F)CC2)N=C2C(=C(NCc3nc4ccccc4[nH]3)C1)NCN2c1cccc(F)c1. The molecule has 0 radical (unpaired) electrons. The number of hydrogen-bond donors (Lipinski definition) is 3. The number of aromatic nitrogens is 2. The number of para-hydroxylation sites is 2. The quantitative estimate of drug-likeness (QED) is 0.415. The Balaban J connectivity index is 1.37. The normalized spacial score (nSPS) is 19.4. The largest absolute Gasteiger partial charge is 0.379 e. The van der Waals surface area contributed by atoms with E-state index in [2.05, 4.69) is 27.5 Å². The van der Waals surface area contributed by atoms with Crippen LogP contribution in [0.25, 0.3) is 11.0 Å². The Kier molecular flexibility index (Phi) is 6.25. The molecule has 3 aliphatic rings. The van der Waals surface area contributed by atoms with Gasteiger partial charge in [-0.3, -0.25) is 0 Å². The summed E-state index contributed by atoms with van der Waals surface area (Å²) in [6.07, 6.45) is 0.927. The summed E-state index contributed by atoms with van der Waals surface area (Å²) >= 11 is 0. The number of aromatic amines is 1. The van der Waals surface area contributed by atoms with Crippen LogP contribution in [0.5, 0.6) is 0 Å². The summed E-state index contributed by atoms with van der Waals surface area (Å²) in [4.78, 5) is 17.0. The van der Waals surface area contributed by atoms with Crippen molar-refractivity contribution in [2.45, 2.75) is 45.1 Å². The second-order valence-corrected chi connectivity index (χ2v) is 9.89. The lowest BCUT2D eigenvalue weighted by Crippen LogP contribution is -2.39. The molecule has 7 nitrogen and oxygen atoms in total. The van der Waals surface area contributed by atoms with Crippen molar-refractivity contribution in [1.29, 1.82) is 0 Å². The van der Waals surface area contributed by atoms with E-state index < -0.39 is 5.92 Å². The number of likely N-dealkylation sites (tertiary alicyclic amines) is 1. The summed E-state index contributed by atoms with van der Waals surface area (Å²) in [6.45, 7) is 3.44. The zero-order chi connectivity index (χ0) is 26.3. The molecule has 3 N–H and O–H groups in total. The van der Waals surface area contributed by atoms with Gasteiger partial charge in [-0.15, -0.1) is 0 Å². The maximum absolute atomic E-state index is 14.1. The van der Waals surface area contributed by atoms with Gasteiger partial charge in [0.1, 0.15) is 17.5 Å². The Morgan fingerprint density at radius 1 is 1.08 bits per heavy atom.